The van der Waals surface area contributed by atoms with Crippen LogP contribution in [0.3, 0.4) is 0 Å². The van der Waals surface area contributed by atoms with Crippen LogP contribution in [0.5, 0.6) is 0 Å². The number of alkyl halides is 3. The molecule has 7 heteroatoms. The van der Waals surface area contributed by atoms with Crippen LogP contribution in [0.2, 0.25) is 0 Å². The van der Waals surface area contributed by atoms with E-state index >= 15 is 0 Å². The Kier molecular flexibility index (Phi) is 5.35. The summed E-state index contributed by atoms with van der Waals surface area (Å²) in [5.41, 5.74) is -0.758. The number of carbonyl (C=O) groups is 1. The number of rotatable bonds is 6. The Morgan fingerprint density at radius 3 is 2.60 bits per heavy atom. The molecule has 0 aliphatic carbocycles. The van der Waals surface area contributed by atoms with Gasteiger partial charge in [-0.15, -0.1) is 0 Å². The fourth-order valence-corrected chi connectivity index (χ4v) is 1.79. The topological polar surface area (TPSA) is 53.4 Å². The summed E-state index contributed by atoms with van der Waals surface area (Å²) in [6.07, 6.45) is -2.97. The molecule has 0 radical (unpaired) electrons. The minimum absolute atomic E-state index is 0.0256. The van der Waals surface area contributed by atoms with Gasteiger partial charge in [-0.3, -0.25) is 4.79 Å². The summed E-state index contributed by atoms with van der Waals surface area (Å²) in [5.74, 6) is -0.717. The number of aliphatic carboxylic acids is 1. The SMILES string of the molecule is CC(C)N(CCCC(=O)O)c1cc(C(F)(F)F)ccn1. The third-order valence-corrected chi connectivity index (χ3v) is 2.78. The average Bonchev–Trinajstić information content (AvgIpc) is 2.33. The Hall–Kier alpha value is -1.79. The summed E-state index contributed by atoms with van der Waals surface area (Å²) < 4.78 is 38.0. The smallest absolute Gasteiger partial charge is 0.416 e. The molecule has 0 bridgehead atoms. The minimum Gasteiger partial charge on any atom is -0.481 e. The first kappa shape index (κ1) is 16.3. The molecule has 0 saturated carbocycles. The molecule has 20 heavy (non-hydrogen) atoms. The molecule has 0 fully saturated rings. The van der Waals surface area contributed by atoms with Crippen LogP contribution in [0.15, 0.2) is 18.3 Å². The second-order valence-electron chi connectivity index (χ2n) is 4.68. The maximum atomic E-state index is 12.7. The largest absolute Gasteiger partial charge is 0.481 e. The van der Waals surface area contributed by atoms with Gasteiger partial charge >= 0.3 is 12.1 Å². The second kappa shape index (κ2) is 6.58. The molecule has 0 spiro atoms. The van der Waals surface area contributed by atoms with Gasteiger partial charge in [-0.2, -0.15) is 13.2 Å². The molecule has 0 saturated heterocycles. The van der Waals surface area contributed by atoms with Crippen molar-refractivity contribution >= 4 is 11.8 Å². The number of hydrogen-bond donors (Lipinski definition) is 1. The van der Waals surface area contributed by atoms with E-state index in [1.807, 2.05) is 13.8 Å². The molecule has 0 unspecified atom stereocenters. The molecule has 1 aromatic heterocycles. The molecule has 1 heterocycles. The quantitative estimate of drug-likeness (QED) is 0.874. The number of halogens is 3. The number of anilines is 1. The first-order valence-electron chi connectivity index (χ1n) is 6.23. The Labute approximate surface area is 115 Å². The van der Waals surface area contributed by atoms with Gasteiger partial charge in [-0.25, -0.2) is 4.98 Å². The third kappa shape index (κ3) is 4.71. The van der Waals surface area contributed by atoms with Crippen molar-refractivity contribution in [1.82, 2.24) is 4.98 Å². The van der Waals surface area contributed by atoms with E-state index < -0.39 is 17.7 Å². The van der Waals surface area contributed by atoms with E-state index in [9.17, 15) is 18.0 Å². The monoisotopic (exact) mass is 290 g/mol. The van der Waals surface area contributed by atoms with Gasteiger partial charge in [0.2, 0.25) is 0 Å². The molecule has 4 nitrogen and oxygen atoms in total. The Morgan fingerprint density at radius 2 is 2.10 bits per heavy atom. The minimum atomic E-state index is -4.42. The Morgan fingerprint density at radius 1 is 1.45 bits per heavy atom. The van der Waals surface area contributed by atoms with E-state index in [2.05, 4.69) is 4.98 Å². The maximum Gasteiger partial charge on any atom is 0.416 e. The van der Waals surface area contributed by atoms with E-state index in [-0.39, 0.29) is 18.3 Å². The predicted molar refractivity (Wildman–Crippen MR) is 68.6 cm³/mol. The molecule has 0 amide bonds. The van der Waals surface area contributed by atoms with Crippen molar-refractivity contribution in [3.63, 3.8) is 0 Å². The fraction of sp³-hybridized carbons (Fsp3) is 0.538. The van der Waals surface area contributed by atoms with Gasteiger partial charge in [0.15, 0.2) is 0 Å². The summed E-state index contributed by atoms with van der Waals surface area (Å²) in [6.45, 7) is 3.99. The van der Waals surface area contributed by atoms with E-state index in [1.165, 1.54) is 0 Å². The Balaban J connectivity index is 2.89. The van der Waals surface area contributed by atoms with Crippen LogP contribution >= 0.6 is 0 Å². The van der Waals surface area contributed by atoms with Crippen LogP contribution in [0.1, 0.15) is 32.3 Å². The summed E-state index contributed by atoms with van der Waals surface area (Å²) in [5, 5.41) is 8.60. The molecule has 0 aliphatic rings. The molecule has 0 aromatic carbocycles. The molecular weight excluding hydrogens is 273 g/mol. The highest BCUT2D eigenvalue weighted by Crippen LogP contribution is 2.31. The van der Waals surface area contributed by atoms with Crippen LogP contribution in [0.4, 0.5) is 19.0 Å². The molecule has 0 atom stereocenters. The highest BCUT2D eigenvalue weighted by Gasteiger charge is 2.31. The summed E-state index contributed by atoms with van der Waals surface area (Å²) >= 11 is 0. The fourth-order valence-electron chi connectivity index (χ4n) is 1.79. The predicted octanol–water partition coefficient (Wildman–Crippen LogP) is 3.18. The normalized spacial score (nSPS) is 11.7. The number of aromatic nitrogens is 1. The van der Waals surface area contributed by atoms with Gasteiger partial charge in [0.1, 0.15) is 5.82 Å². The van der Waals surface area contributed by atoms with Crippen LogP contribution in [0.25, 0.3) is 0 Å². The molecular formula is C13H17F3N2O2. The summed E-state index contributed by atoms with van der Waals surface area (Å²) in [4.78, 5) is 16.1. The van der Waals surface area contributed by atoms with Gasteiger partial charge < -0.3 is 10.0 Å². The number of hydrogen-bond acceptors (Lipinski definition) is 3. The molecule has 112 valence electrons. The number of pyridine rings is 1. The second-order valence-corrected chi connectivity index (χ2v) is 4.68. The van der Waals surface area contributed by atoms with Crippen molar-refractivity contribution in [2.24, 2.45) is 0 Å². The Bertz CT molecular complexity index is 461. The molecule has 1 N–H and O–H groups in total. The first-order chi connectivity index (χ1) is 9.21. The average molecular weight is 290 g/mol. The molecule has 1 aromatic rings. The summed E-state index contributed by atoms with van der Waals surface area (Å²) in [6, 6.07) is 1.83. The number of carboxylic acids is 1. The van der Waals surface area contributed by atoms with Gasteiger partial charge in [-0.1, -0.05) is 0 Å². The van der Waals surface area contributed by atoms with Crippen molar-refractivity contribution in [2.75, 3.05) is 11.4 Å². The molecule has 1 rings (SSSR count). The van der Waals surface area contributed by atoms with Crippen LogP contribution in [-0.4, -0.2) is 28.6 Å². The lowest BCUT2D eigenvalue weighted by molar-refractivity contribution is -0.138. The lowest BCUT2D eigenvalue weighted by Gasteiger charge is -2.28. The van der Waals surface area contributed by atoms with Gasteiger partial charge in [0, 0.05) is 25.2 Å². The lowest BCUT2D eigenvalue weighted by atomic mass is 10.2. The van der Waals surface area contributed by atoms with E-state index in [0.717, 1.165) is 18.3 Å². The lowest BCUT2D eigenvalue weighted by Crippen LogP contribution is -2.33. The van der Waals surface area contributed by atoms with Crippen molar-refractivity contribution in [3.8, 4) is 0 Å². The number of nitrogens with zero attached hydrogens (tertiary/aromatic N) is 2. The van der Waals surface area contributed by atoms with Crippen LogP contribution in [-0.2, 0) is 11.0 Å². The number of carboxylic acid groups (broad SMARTS) is 1. The van der Waals surface area contributed by atoms with Gasteiger partial charge in [0.25, 0.3) is 0 Å². The van der Waals surface area contributed by atoms with E-state index in [1.54, 1.807) is 4.90 Å². The third-order valence-electron chi connectivity index (χ3n) is 2.78. The highest BCUT2D eigenvalue weighted by molar-refractivity contribution is 5.66. The zero-order valence-electron chi connectivity index (χ0n) is 11.3. The van der Waals surface area contributed by atoms with Crippen molar-refractivity contribution in [3.05, 3.63) is 23.9 Å². The van der Waals surface area contributed by atoms with Crippen molar-refractivity contribution in [1.29, 1.82) is 0 Å². The standard InChI is InChI=1S/C13H17F3N2O2/c1-9(2)18(7-3-4-12(19)20)11-8-10(5-6-17-11)13(14,15)16/h5-6,8-9H,3-4,7H2,1-2H3,(H,19,20). The summed E-state index contributed by atoms with van der Waals surface area (Å²) in [7, 11) is 0. The zero-order chi connectivity index (χ0) is 15.3. The van der Waals surface area contributed by atoms with Gasteiger partial charge in [-0.05, 0) is 32.4 Å². The first-order valence-corrected chi connectivity index (χ1v) is 6.23. The van der Waals surface area contributed by atoms with Crippen LogP contribution in [0, 0.1) is 0 Å². The highest BCUT2D eigenvalue weighted by atomic mass is 19.4. The van der Waals surface area contributed by atoms with Gasteiger partial charge in [0.05, 0.1) is 5.56 Å². The van der Waals surface area contributed by atoms with Crippen molar-refractivity contribution in [2.45, 2.75) is 38.9 Å². The van der Waals surface area contributed by atoms with Crippen molar-refractivity contribution < 1.29 is 23.1 Å². The van der Waals surface area contributed by atoms with E-state index in [4.69, 9.17) is 5.11 Å². The van der Waals surface area contributed by atoms with Crippen LogP contribution < -0.4 is 4.90 Å². The maximum absolute atomic E-state index is 12.7. The van der Waals surface area contributed by atoms with E-state index in [0.29, 0.717) is 13.0 Å². The molecule has 0 aliphatic heterocycles. The zero-order valence-corrected chi connectivity index (χ0v) is 11.3.